The molecule has 0 aliphatic heterocycles. The Balaban J connectivity index is 2.63. The summed E-state index contributed by atoms with van der Waals surface area (Å²) in [5.41, 5.74) is 0.783. The van der Waals surface area contributed by atoms with E-state index in [0.717, 1.165) is 18.4 Å². The van der Waals surface area contributed by atoms with Crippen LogP contribution in [0.2, 0.25) is 0 Å². The molecule has 1 aromatic carbocycles. The number of rotatable bonds is 11. The number of aryl methyl sites for hydroxylation is 1. The average molecular weight is 330 g/mol. The number of halogens is 2. The van der Waals surface area contributed by atoms with E-state index in [1.807, 2.05) is 27.7 Å². The second kappa shape index (κ2) is 9.96. The van der Waals surface area contributed by atoms with E-state index in [-0.39, 0.29) is 5.92 Å². The van der Waals surface area contributed by atoms with Crippen molar-refractivity contribution in [3.63, 3.8) is 0 Å². The van der Waals surface area contributed by atoms with E-state index in [4.69, 9.17) is 14.2 Å². The maximum absolute atomic E-state index is 13.2. The molecule has 1 unspecified atom stereocenters. The molecule has 1 rings (SSSR count). The Morgan fingerprint density at radius 2 is 1.52 bits per heavy atom. The quantitative estimate of drug-likeness (QED) is 0.551. The summed E-state index contributed by atoms with van der Waals surface area (Å²) in [4.78, 5) is 0. The third-order valence-electron chi connectivity index (χ3n) is 3.73. The lowest BCUT2D eigenvalue weighted by Crippen LogP contribution is -2.45. The van der Waals surface area contributed by atoms with Crippen LogP contribution in [-0.4, -0.2) is 25.8 Å². The Bertz CT molecular complexity index is 449. The van der Waals surface area contributed by atoms with Gasteiger partial charge in [0.1, 0.15) is 0 Å². The summed E-state index contributed by atoms with van der Waals surface area (Å²) in [5, 5.41) is 0. The summed E-state index contributed by atoms with van der Waals surface area (Å²) in [7, 11) is 0. The minimum absolute atomic E-state index is 0.0210. The van der Waals surface area contributed by atoms with Gasteiger partial charge in [-0.25, -0.2) is 8.78 Å². The second-order valence-electron chi connectivity index (χ2n) is 5.44. The maximum atomic E-state index is 13.2. The Kier molecular flexibility index (Phi) is 8.66. The fourth-order valence-electron chi connectivity index (χ4n) is 2.64. The van der Waals surface area contributed by atoms with Crippen LogP contribution in [0.25, 0.3) is 0 Å². The summed E-state index contributed by atoms with van der Waals surface area (Å²) in [5.74, 6) is -2.63. The fraction of sp³-hybridized carbons (Fsp3) is 0.667. The van der Waals surface area contributed by atoms with Gasteiger partial charge in [0, 0.05) is 25.7 Å². The van der Waals surface area contributed by atoms with E-state index >= 15 is 0 Å². The molecular formula is C18H28F2O3. The average Bonchev–Trinajstić information content (AvgIpc) is 2.51. The van der Waals surface area contributed by atoms with Crippen molar-refractivity contribution in [3.05, 3.63) is 35.4 Å². The monoisotopic (exact) mass is 330 g/mol. The molecule has 23 heavy (non-hydrogen) atoms. The molecule has 0 fully saturated rings. The van der Waals surface area contributed by atoms with Gasteiger partial charge >= 0.3 is 0 Å². The molecule has 0 spiro atoms. The fourth-order valence-corrected chi connectivity index (χ4v) is 2.64. The van der Waals surface area contributed by atoms with Crippen LogP contribution in [-0.2, 0) is 20.6 Å². The zero-order chi connectivity index (χ0) is 17.3. The van der Waals surface area contributed by atoms with Gasteiger partial charge in [0.15, 0.2) is 11.6 Å². The van der Waals surface area contributed by atoms with Crippen LogP contribution < -0.4 is 0 Å². The lowest BCUT2D eigenvalue weighted by molar-refractivity contribution is -0.400. The van der Waals surface area contributed by atoms with Gasteiger partial charge in [-0.1, -0.05) is 13.0 Å². The highest BCUT2D eigenvalue weighted by Crippen LogP contribution is 2.30. The van der Waals surface area contributed by atoms with Crippen LogP contribution >= 0.6 is 0 Å². The van der Waals surface area contributed by atoms with E-state index in [2.05, 4.69) is 0 Å². The van der Waals surface area contributed by atoms with Crippen LogP contribution in [0.5, 0.6) is 0 Å². The van der Waals surface area contributed by atoms with E-state index in [1.54, 1.807) is 6.07 Å². The molecule has 3 nitrogen and oxygen atoms in total. The summed E-state index contributed by atoms with van der Waals surface area (Å²) in [6, 6.07) is 4.03. The summed E-state index contributed by atoms with van der Waals surface area (Å²) >= 11 is 0. The van der Waals surface area contributed by atoms with Crippen molar-refractivity contribution >= 4 is 0 Å². The molecule has 0 amide bonds. The highest BCUT2D eigenvalue weighted by Gasteiger charge is 2.38. The molecule has 0 aliphatic carbocycles. The summed E-state index contributed by atoms with van der Waals surface area (Å²) in [6.45, 7) is 9.21. The molecule has 0 aromatic heterocycles. The molecule has 0 radical (unpaired) electrons. The molecule has 0 saturated heterocycles. The van der Waals surface area contributed by atoms with Crippen LogP contribution in [0, 0.1) is 17.6 Å². The predicted octanol–water partition coefficient (Wildman–Crippen LogP) is 4.69. The van der Waals surface area contributed by atoms with Crippen molar-refractivity contribution < 1.29 is 23.0 Å². The molecule has 1 atom stereocenters. The van der Waals surface area contributed by atoms with Crippen molar-refractivity contribution in [1.82, 2.24) is 0 Å². The molecule has 0 bridgehead atoms. The normalized spacial score (nSPS) is 13.3. The first-order valence-corrected chi connectivity index (χ1v) is 8.34. The molecule has 0 N–H and O–H groups in total. The van der Waals surface area contributed by atoms with Gasteiger partial charge in [-0.15, -0.1) is 0 Å². The molecular weight excluding hydrogens is 302 g/mol. The predicted molar refractivity (Wildman–Crippen MR) is 86.1 cm³/mol. The zero-order valence-electron chi connectivity index (χ0n) is 14.5. The first-order valence-electron chi connectivity index (χ1n) is 8.34. The Hall–Kier alpha value is -1.04. The zero-order valence-corrected chi connectivity index (χ0v) is 14.5. The van der Waals surface area contributed by atoms with Crippen molar-refractivity contribution in [2.75, 3.05) is 19.8 Å². The van der Waals surface area contributed by atoms with Crippen LogP contribution in [0.1, 0.15) is 46.1 Å². The number of benzene rings is 1. The standard InChI is InChI=1S/C18H28F2O3/c1-5-21-18(22-6-2,23-7-3)14(4)9-8-10-15-11-12-16(19)17(20)13-15/h11-14H,5-10H2,1-4H3. The summed E-state index contributed by atoms with van der Waals surface area (Å²) < 4.78 is 43.4. The summed E-state index contributed by atoms with van der Waals surface area (Å²) in [6.07, 6.45) is 2.27. The van der Waals surface area contributed by atoms with E-state index < -0.39 is 17.6 Å². The lowest BCUT2D eigenvalue weighted by atomic mass is 9.98. The van der Waals surface area contributed by atoms with Crippen LogP contribution in [0.4, 0.5) is 8.78 Å². The van der Waals surface area contributed by atoms with Gasteiger partial charge in [-0.05, 0) is 57.7 Å². The van der Waals surface area contributed by atoms with Gasteiger partial charge in [0.25, 0.3) is 5.97 Å². The van der Waals surface area contributed by atoms with Gasteiger partial charge < -0.3 is 14.2 Å². The van der Waals surface area contributed by atoms with E-state index in [0.29, 0.717) is 26.2 Å². The maximum Gasteiger partial charge on any atom is 0.285 e. The minimum atomic E-state index is -1.04. The van der Waals surface area contributed by atoms with Crippen molar-refractivity contribution in [1.29, 1.82) is 0 Å². The SMILES string of the molecule is CCOC(OCC)(OCC)C(C)CCCc1ccc(F)c(F)c1. The topological polar surface area (TPSA) is 27.7 Å². The molecule has 0 heterocycles. The lowest BCUT2D eigenvalue weighted by Gasteiger charge is -2.37. The van der Waals surface area contributed by atoms with Crippen LogP contribution in [0.3, 0.4) is 0 Å². The van der Waals surface area contributed by atoms with Gasteiger partial charge in [0.2, 0.25) is 0 Å². The third kappa shape index (κ3) is 5.83. The first-order chi connectivity index (χ1) is 11.0. The number of ether oxygens (including phenoxy) is 3. The molecule has 5 heteroatoms. The molecule has 0 aliphatic rings. The van der Waals surface area contributed by atoms with E-state index in [9.17, 15) is 8.78 Å². The van der Waals surface area contributed by atoms with Gasteiger partial charge in [-0.3, -0.25) is 0 Å². The first kappa shape index (κ1) is 20.0. The van der Waals surface area contributed by atoms with Crippen molar-refractivity contribution in [2.24, 2.45) is 5.92 Å². The van der Waals surface area contributed by atoms with Gasteiger partial charge in [-0.2, -0.15) is 0 Å². The largest absolute Gasteiger partial charge is 0.328 e. The smallest absolute Gasteiger partial charge is 0.285 e. The second-order valence-corrected chi connectivity index (χ2v) is 5.44. The Morgan fingerprint density at radius 1 is 0.957 bits per heavy atom. The molecule has 1 aromatic rings. The number of hydrogen-bond donors (Lipinski definition) is 0. The van der Waals surface area contributed by atoms with E-state index in [1.165, 1.54) is 12.1 Å². The highest BCUT2D eigenvalue weighted by molar-refractivity contribution is 5.17. The van der Waals surface area contributed by atoms with Crippen LogP contribution in [0.15, 0.2) is 18.2 Å². The number of hydrogen-bond acceptors (Lipinski definition) is 3. The highest BCUT2D eigenvalue weighted by atomic mass is 19.2. The van der Waals surface area contributed by atoms with Gasteiger partial charge in [0.05, 0.1) is 0 Å². The minimum Gasteiger partial charge on any atom is -0.328 e. The third-order valence-corrected chi connectivity index (χ3v) is 3.73. The Labute approximate surface area is 137 Å². The van der Waals surface area contributed by atoms with Crippen molar-refractivity contribution in [2.45, 2.75) is 52.9 Å². The molecule has 0 saturated carbocycles. The van der Waals surface area contributed by atoms with Crippen molar-refractivity contribution in [3.8, 4) is 0 Å². The molecule has 132 valence electrons. The Morgan fingerprint density at radius 3 is 2.00 bits per heavy atom.